The molecule has 0 atom stereocenters. The SMILES string of the molecule is OCC#Cc1ccc(CN2CCCCC2)c(F)c1. The van der Waals surface area contributed by atoms with Gasteiger partial charge in [0.1, 0.15) is 12.4 Å². The molecule has 1 aromatic carbocycles. The second kappa shape index (κ2) is 6.53. The van der Waals surface area contributed by atoms with Gasteiger partial charge in [-0.25, -0.2) is 4.39 Å². The standard InChI is InChI=1S/C15H18FNO/c16-15-11-13(5-4-10-18)6-7-14(15)12-17-8-2-1-3-9-17/h6-7,11,18H,1-3,8-10,12H2. The minimum absolute atomic E-state index is 0.197. The Hall–Kier alpha value is -1.37. The predicted octanol–water partition coefficient (Wildman–Crippen LogP) is 2.16. The number of piperidine rings is 1. The Morgan fingerprint density at radius 2 is 2.00 bits per heavy atom. The fraction of sp³-hybridized carbons (Fsp3) is 0.467. The molecule has 1 fully saturated rings. The van der Waals surface area contributed by atoms with Gasteiger partial charge in [-0.1, -0.05) is 24.3 Å². The van der Waals surface area contributed by atoms with Gasteiger partial charge >= 0.3 is 0 Å². The molecule has 0 amide bonds. The van der Waals surface area contributed by atoms with E-state index in [4.69, 9.17) is 5.11 Å². The van der Waals surface area contributed by atoms with E-state index in [2.05, 4.69) is 16.7 Å². The number of aliphatic hydroxyl groups excluding tert-OH is 1. The Morgan fingerprint density at radius 1 is 1.22 bits per heavy atom. The number of hydrogen-bond donors (Lipinski definition) is 1. The van der Waals surface area contributed by atoms with E-state index in [9.17, 15) is 4.39 Å². The normalized spacial score (nSPS) is 16.1. The first-order chi connectivity index (χ1) is 8.79. The van der Waals surface area contributed by atoms with Gasteiger partial charge < -0.3 is 5.11 Å². The van der Waals surface area contributed by atoms with Crippen molar-refractivity contribution in [1.82, 2.24) is 4.90 Å². The van der Waals surface area contributed by atoms with Crippen LogP contribution < -0.4 is 0 Å². The molecule has 2 nitrogen and oxygen atoms in total. The second-order valence-corrected chi connectivity index (χ2v) is 4.60. The zero-order valence-electron chi connectivity index (χ0n) is 10.5. The average molecular weight is 247 g/mol. The Balaban J connectivity index is 2.04. The summed E-state index contributed by atoms with van der Waals surface area (Å²) in [6, 6.07) is 5.05. The smallest absolute Gasteiger partial charge is 0.128 e. The quantitative estimate of drug-likeness (QED) is 0.810. The van der Waals surface area contributed by atoms with Gasteiger partial charge in [0.25, 0.3) is 0 Å². The Kier molecular flexibility index (Phi) is 4.74. The van der Waals surface area contributed by atoms with E-state index < -0.39 is 0 Å². The van der Waals surface area contributed by atoms with E-state index in [1.807, 2.05) is 6.07 Å². The number of likely N-dealkylation sites (tertiary alicyclic amines) is 1. The van der Waals surface area contributed by atoms with Gasteiger partial charge in [0.2, 0.25) is 0 Å². The molecule has 0 aromatic heterocycles. The van der Waals surface area contributed by atoms with Crippen LogP contribution >= 0.6 is 0 Å². The van der Waals surface area contributed by atoms with Gasteiger partial charge in [0, 0.05) is 17.7 Å². The summed E-state index contributed by atoms with van der Waals surface area (Å²) in [5.41, 5.74) is 1.34. The molecular formula is C15H18FNO. The maximum absolute atomic E-state index is 13.9. The lowest BCUT2D eigenvalue weighted by Gasteiger charge is -2.26. The molecule has 18 heavy (non-hydrogen) atoms. The van der Waals surface area contributed by atoms with Crippen molar-refractivity contribution in [2.45, 2.75) is 25.8 Å². The van der Waals surface area contributed by atoms with Crippen molar-refractivity contribution in [3.05, 3.63) is 35.1 Å². The fourth-order valence-electron chi connectivity index (χ4n) is 2.25. The van der Waals surface area contributed by atoms with Gasteiger partial charge in [-0.3, -0.25) is 4.90 Å². The predicted molar refractivity (Wildman–Crippen MR) is 69.5 cm³/mol. The monoisotopic (exact) mass is 247 g/mol. The van der Waals surface area contributed by atoms with Crippen molar-refractivity contribution in [3.63, 3.8) is 0 Å². The molecule has 0 bridgehead atoms. The lowest BCUT2D eigenvalue weighted by Crippen LogP contribution is -2.29. The largest absolute Gasteiger partial charge is 0.384 e. The molecule has 0 radical (unpaired) electrons. The zero-order valence-corrected chi connectivity index (χ0v) is 10.5. The minimum Gasteiger partial charge on any atom is -0.384 e. The van der Waals surface area contributed by atoms with E-state index in [-0.39, 0.29) is 12.4 Å². The van der Waals surface area contributed by atoms with E-state index in [1.54, 1.807) is 6.07 Å². The van der Waals surface area contributed by atoms with Gasteiger partial charge in [-0.05, 0) is 38.1 Å². The summed E-state index contributed by atoms with van der Waals surface area (Å²) in [5.74, 6) is 5.03. The summed E-state index contributed by atoms with van der Waals surface area (Å²) in [6.07, 6.45) is 3.71. The third-order valence-corrected chi connectivity index (χ3v) is 3.21. The van der Waals surface area contributed by atoms with Crippen LogP contribution in [0.4, 0.5) is 4.39 Å². The number of aliphatic hydroxyl groups is 1. The van der Waals surface area contributed by atoms with Crippen LogP contribution in [-0.2, 0) is 6.54 Å². The highest BCUT2D eigenvalue weighted by Gasteiger charge is 2.12. The van der Waals surface area contributed by atoms with Crippen LogP contribution in [-0.4, -0.2) is 29.7 Å². The molecule has 1 aliphatic heterocycles. The first kappa shape index (κ1) is 13.1. The summed E-state index contributed by atoms with van der Waals surface area (Å²) in [6.45, 7) is 2.60. The van der Waals surface area contributed by atoms with Crippen molar-refractivity contribution >= 4 is 0 Å². The Bertz CT molecular complexity index is 455. The van der Waals surface area contributed by atoms with E-state index in [0.717, 1.165) is 18.7 Å². The second-order valence-electron chi connectivity index (χ2n) is 4.60. The molecule has 0 unspecified atom stereocenters. The van der Waals surface area contributed by atoms with Crippen LogP contribution in [0.25, 0.3) is 0 Å². The van der Waals surface area contributed by atoms with Crippen LogP contribution in [0.3, 0.4) is 0 Å². The highest BCUT2D eigenvalue weighted by Crippen LogP contribution is 2.16. The van der Waals surface area contributed by atoms with Crippen LogP contribution in [0.5, 0.6) is 0 Å². The summed E-state index contributed by atoms with van der Waals surface area (Å²) in [5, 5.41) is 8.59. The average Bonchev–Trinajstić information content (AvgIpc) is 2.40. The van der Waals surface area contributed by atoms with Crippen molar-refractivity contribution in [1.29, 1.82) is 0 Å². The molecule has 1 N–H and O–H groups in total. The summed E-state index contributed by atoms with van der Waals surface area (Å²) >= 11 is 0. The van der Waals surface area contributed by atoms with Gasteiger partial charge in [0.05, 0.1) is 0 Å². The maximum Gasteiger partial charge on any atom is 0.128 e. The number of rotatable bonds is 2. The fourth-order valence-corrected chi connectivity index (χ4v) is 2.25. The number of halogens is 1. The molecule has 0 saturated carbocycles. The molecule has 1 aromatic rings. The molecule has 96 valence electrons. The first-order valence-electron chi connectivity index (χ1n) is 6.40. The summed E-state index contributed by atoms with van der Waals surface area (Å²) in [7, 11) is 0. The van der Waals surface area contributed by atoms with Crippen molar-refractivity contribution in [2.75, 3.05) is 19.7 Å². The van der Waals surface area contributed by atoms with Crippen LogP contribution in [0.1, 0.15) is 30.4 Å². The third-order valence-electron chi connectivity index (χ3n) is 3.21. The number of hydrogen-bond acceptors (Lipinski definition) is 2. The Morgan fingerprint density at radius 3 is 2.67 bits per heavy atom. The zero-order chi connectivity index (χ0) is 12.8. The molecule has 1 saturated heterocycles. The summed E-state index contributed by atoms with van der Waals surface area (Å²) in [4.78, 5) is 2.29. The first-order valence-corrected chi connectivity index (χ1v) is 6.40. The number of nitrogens with zero attached hydrogens (tertiary/aromatic N) is 1. The van der Waals surface area contributed by atoms with Crippen molar-refractivity contribution < 1.29 is 9.50 Å². The highest BCUT2D eigenvalue weighted by molar-refractivity contribution is 5.37. The van der Waals surface area contributed by atoms with Crippen LogP contribution in [0.2, 0.25) is 0 Å². The molecule has 1 aliphatic rings. The van der Waals surface area contributed by atoms with E-state index >= 15 is 0 Å². The van der Waals surface area contributed by atoms with Gasteiger partial charge in [0.15, 0.2) is 0 Å². The third kappa shape index (κ3) is 3.56. The lowest BCUT2D eigenvalue weighted by atomic mass is 10.1. The molecule has 3 heteroatoms. The van der Waals surface area contributed by atoms with Gasteiger partial charge in [-0.15, -0.1) is 0 Å². The molecule has 0 spiro atoms. The molecular weight excluding hydrogens is 229 g/mol. The molecule has 0 aliphatic carbocycles. The maximum atomic E-state index is 13.9. The van der Waals surface area contributed by atoms with Gasteiger partial charge in [-0.2, -0.15) is 0 Å². The summed E-state index contributed by atoms with van der Waals surface area (Å²) < 4.78 is 13.9. The van der Waals surface area contributed by atoms with E-state index in [1.165, 1.54) is 25.3 Å². The minimum atomic E-state index is -0.203. The van der Waals surface area contributed by atoms with Crippen molar-refractivity contribution in [2.24, 2.45) is 0 Å². The molecule has 1 heterocycles. The topological polar surface area (TPSA) is 23.5 Å². The Labute approximate surface area is 107 Å². The highest BCUT2D eigenvalue weighted by atomic mass is 19.1. The van der Waals surface area contributed by atoms with E-state index in [0.29, 0.717) is 12.1 Å². The van der Waals surface area contributed by atoms with Crippen LogP contribution in [0.15, 0.2) is 18.2 Å². The number of benzene rings is 1. The van der Waals surface area contributed by atoms with Crippen LogP contribution in [0, 0.1) is 17.7 Å². The molecule has 2 rings (SSSR count). The van der Waals surface area contributed by atoms with Crippen molar-refractivity contribution in [3.8, 4) is 11.8 Å². The lowest BCUT2D eigenvalue weighted by molar-refractivity contribution is 0.218.